The van der Waals surface area contributed by atoms with Gasteiger partial charge in [-0.15, -0.1) is 11.3 Å². The van der Waals surface area contributed by atoms with E-state index in [1.165, 1.54) is 11.3 Å². The van der Waals surface area contributed by atoms with Gasteiger partial charge in [0.25, 0.3) is 5.91 Å². The Balaban J connectivity index is 1.60. The molecule has 2 aromatic heterocycles. The Labute approximate surface area is 164 Å². The maximum Gasteiger partial charge on any atom is 0.265 e. The molecule has 3 rings (SSSR count). The first kappa shape index (κ1) is 19.5. The van der Waals surface area contributed by atoms with Crippen molar-refractivity contribution in [3.8, 4) is 0 Å². The fraction of sp³-hybridized carbons (Fsp3) is 0.500. The lowest BCUT2D eigenvalue weighted by Gasteiger charge is -2.34. The summed E-state index contributed by atoms with van der Waals surface area (Å²) in [6.45, 7) is 10.4. The van der Waals surface area contributed by atoms with E-state index in [-0.39, 0.29) is 17.2 Å². The summed E-state index contributed by atoms with van der Waals surface area (Å²) in [5, 5.41) is 0.979. The Hall–Kier alpha value is -2.28. The van der Waals surface area contributed by atoms with Crippen molar-refractivity contribution in [1.82, 2.24) is 19.8 Å². The van der Waals surface area contributed by atoms with E-state index >= 15 is 0 Å². The summed E-state index contributed by atoms with van der Waals surface area (Å²) in [6, 6.07) is 5.58. The minimum atomic E-state index is -0.0649. The van der Waals surface area contributed by atoms with Crippen LogP contribution in [0.2, 0.25) is 0 Å². The summed E-state index contributed by atoms with van der Waals surface area (Å²) < 4.78 is 0. The van der Waals surface area contributed by atoms with E-state index in [0.717, 1.165) is 16.4 Å². The van der Waals surface area contributed by atoms with Crippen molar-refractivity contribution in [1.29, 1.82) is 0 Å². The van der Waals surface area contributed by atoms with Gasteiger partial charge in [-0.25, -0.2) is 4.98 Å². The second-order valence-electron chi connectivity index (χ2n) is 7.85. The van der Waals surface area contributed by atoms with Crippen LogP contribution < -0.4 is 0 Å². The minimum Gasteiger partial charge on any atom is -0.339 e. The molecule has 7 heteroatoms. The zero-order valence-electron chi connectivity index (χ0n) is 16.4. The summed E-state index contributed by atoms with van der Waals surface area (Å²) in [5.74, 6) is 0.0853. The Bertz CT molecular complexity index is 818. The average Bonchev–Trinajstić information content (AvgIpc) is 3.04. The number of thiazole rings is 1. The van der Waals surface area contributed by atoms with E-state index in [1.807, 2.05) is 34.9 Å². The number of hydrogen-bond acceptors (Lipinski definition) is 5. The maximum absolute atomic E-state index is 12.9. The van der Waals surface area contributed by atoms with E-state index in [2.05, 4.69) is 30.7 Å². The van der Waals surface area contributed by atoms with E-state index in [4.69, 9.17) is 0 Å². The summed E-state index contributed by atoms with van der Waals surface area (Å²) in [7, 11) is 0. The first-order valence-corrected chi connectivity index (χ1v) is 10.0. The Morgan fingerprint density at radius 1 is 1.11 bits per heavy atom. The van der Waals surface area contributed by atoms with Crippen LogP contribution in [0.4, 0.5) is 0 Å². The fourth-order valence-electron chi connectivity index (χ4n) is 2.99. The molecule has 1 saturated heterocycles. The highest BCUT2D eigenvalue weighted by molar-refractivity contribution is 7.14. The molecule has 0 saturated carbocycles. The number of aryl methyl sites for hydroxylation is 1. The Kier molecular flexibility index (Phi) is 5.60. The van der Waals surface area contributed by atoms with Gasteiger partial charge in [-0.2, -0.15) is 0 Å². The zero-order chi connectivity index (χ0) is 19.6. The van der Waals surface area contributed by atoms with Gasteiger partial charge in [0.2, 0.25) is 5.91 Å². The quantitative estimate of drug-likeness (QED) is 0.813. The van der Waals surface area contributed by atoms with Gasteiger partial charge in [0, 0.05) is 43.5 Å². The molecule has 3 heterocycles. The van der Waals surface area contributed by atoms with Gasteiger partial charge in [0.15, 0.2) is 0 Å². The molecule has 1 aliphatic rings. The second kappa shape index (κ2) is 7.76. The summed E-state index contributed by atoms with van der Waals surface area (Å²) in [6.07, 6.45) is 2.00. The third-order valence-electron chi connectivity index (χ3n) is 4.61. The zero-order valence-corrected chi connectivity index (χ0v) is 17.2. The van der Waals surface area contributed by atoms with Gasteiger partial charge >= 0.3 is 0 Å². The molecule has 0 aromatic carbocycles. The van der Waals surface area contributed by atoms with Gasteiger partial charge in [-0.05, 0) is 19.1 Å². The van der Waals surface area contributed by atoms with Crippen LogP contribution in [0.1, 0.15) is 46.8 Å². The number of carbonyl (C=O) groups is 2. The molecule has 2 amide bonds. The number of nitrogens with zero attached hydrogens (tertiary/aromatic N) is 4. The number of rotatable bonds is 3. The van der Waals surface area contributed by atoms with Crippen molar-refractivity contribution in [3.63, 3.8) is 0 Å². The normalized spacial score (nSPS) is 15.1. The van der Waals surface area contributed by atoms with Gasteiger partial charge < -0.3 is 9.80 Å². The van der Waals surface area contributed by atoms with Gasteiger partial charge in [-0.1, -0.05) is 26.8 Å². The molecular weight excluding hydrogens is 360 g/mol. The lowest BCUT2D eigenvalue weighted by atomic mass is 9.98. The smallest absolute Gasteiger partial charge is 0.265 e. The number of carbonyl (C=O) groups excluding carboxylic acids is 2. The summed E-state index contributed by atoms with van der Waals surface area (Å²) in [4.78, 5) is 38.5. The summed E-state index contributed by atoms with van der Waals surface area (Å²) >= 11 is 1.49. The van der Waals surface area contributed by atoms with Crippen molar-refractivity contribution < 1.29 is 9.59 Å². The number of piperazine rings is 1. The Morgan fingerprint density at radius 2 is 1.78 bits per heavy atom. The Morgan fingerprint density at radius 3 is 2.33 bits per heavy atom. The van der Waals surface area contributed by atoms with Crippen molar-refractivity contribution in [2.24, 2.45) is 0 Å². The molecule has 0 spiro atoms. The molecule has 0 N–H and O–H groups in total. The molecule has 2 aromatic rings. The van der Waals surface area contributed by atoms with E-state index in [0.29, 0.717) is 37.5 Å². The first-order valence-electron chi connectivity index (χ1n) is 9.20. The van der Waals surface area contributed by atoms with E-state index in [9.17, 15) is 9.59 Å². The van der Waals surface area contributed by atoms with Crippen molar-refractivity contribution in [3.05, 3.63) is 45.7 Å². The molecule has 1 aliphatic heterocycles. The van der Waals surface area contributed by atoms with Crippen molar-refractivity contribution >= 4 is 23.2 Å². The first-order chi connectivity index (χ1) is 12.8. The maximum atomic E-state index is 12.9. The van der Waals surface area contributed by atoms with E-state index < -0.39 is 0 Å². The third kappa shape index (κ3) is 4.53. The molecule has 0 atom stereocenters. The number of amides is 2. The number of hydrogen-bond donors (Lipinski definition) is 0. The van der Waals surface area contributed by atoms with Crippen LogP contribution in [0.15, 0.2) is 24.4 Å². The predicted molar refractivity (Wildman–Crippen MR) is 106 cm³/mol. The average molecular weight is 387 g/mol. The van der Waals surface area contributed by atoms with Crippen molar-refractivity contribution in [2.75, 3.05) is 26.2 Å². The van der Waals surface area contributed by atoms with Crippen LogP contribution in [-0.2, 0) is 16.6 Å². The van der Waals surface area contributed by atoms with Crippen LogP contribution in [0, 0.1) is 6.92 Å². The van der Waals surface area contributed by atoms with Crippen LogP contribution >= 0.6 is 11.3 Å². The molecule has 0 bridgehead atoms. The highest BCUT2D eigenvalue weighted by Crippen LogP contribution is 2.30. The standard InChI is InChI=1S/C20H26N4O2S/c1-14-17(27-19(22-14)20(2,3)4)18(26)24-11-9-23(10-12-24)16(25)13-15-7-5-6-8-21-15/h5-8H,9-13H2,1-4H3. The molecule has 1 fully saturated rings. The third-order valence-corrected chi connectivity index (χ3v) is 6.18. The van der Waals surface area contributed by atoms with Gasteiger partial charge in [0.05, 0.1) is 17.1 Å². The molecule has 27 heavy (non-hydrogen) atoms. The fourth-order valence-corrected chi connectivity index (χ4v) is 4.08. The van der Waals surface area contributed by atoms with Crippen LogP contribution in [0.25, 0.3) is 0 Å². The highest BCUT2D eigenvalue weighted by atomic mass is 32.1. The second-order valence-corrected chi connectivity index (χ2v) is 8.85. The highest BCUT2D eigenvalue weighted by Gasteiger charge is 2.29. The van der Waals surface area contributed by atoms with Crippen LogP contribution in [-0.4, -0.2) is 57.8 Å². The largest absolute Gasteiger partial charge is 0.339 e. The molecule has 0 unspecified atom stereocenters. The molecule has 0 aliphatic carbocycles. The monoisotopic (exact) mass is 386 g/mol. The molecule has 0 radical (unpaired) electrons. The lowest BCUT2D eigenvalue weighted by molar-refractivity contribution is -0.132. The van der Waals surface area contributed by atoms with Gasteiger partial charge in [0.1, 0.15) is 4.88 Å². The predicted octanol–water partition coefficient (Wildman–Crippen LogP) is 2.67. The lowest BCUT2D eigenvalue weighted by Crippen LogP contribution is -2.51. The number of aromatic nitrogens is 2. The topological polar surface area (TPSA) is 66.4 Å². The van der Waals surface area contributed by atoms with Crippen molar-refractivity contribution in [2.45, 2.75) is 39.5 Å². The van der Waals surface area contributed by atoms with E-state index in [1.54, 1.807) is 6.20 Å². The van der Waals surface area contributed by atoms with Crippen LogP contribution in [0.5, 0.6) is 0 Å². The molecule has 144 valence electrons. The molecular formula is C20H26N4O2S. The molecule has 6 nitrogen and oxygen atoms in total. The summed E-state index contributed by atoms with van der Waals surface area (Å²) in [5.41, 5.74) is 1.50. The number of pyridine rings is 1. The SMILES string of the molecule is Cc1nc(C(C)(C)C)sc1C(=O)N1CCN(C(=O)Cc2ccccn2)CC1. The minimum absolute atomic E-state index is 0.0253. The van der Waals surface area contributed by atoms with Crippen LogP contribution in [0.3, 0.4) is 0 Å². The van der Waals surface area contributed by atoms with Gasteiger partial charge in [-0.3, -0.25) is 14.6 Å².